The predicted octanol–water partition coefficient (Wildman–Crippen LogP) is 6.38. The molecule has 0 fully saturated rings. The minimum atomic E-state index is -4.57. The van der Waals surface area contributed by atoms with E-state index in [4.69, 9.17) is 46.4 Å². The SMILES string of the molecule is FC(F)(F)c1ccc(-c2ccc(Cl)c(Cl)c2Cl)c(Cl)n1. The average Bonchev–Trinajstić information content (AvgIpc) is 2.36. The zero-order valence-corrected chi connectivity index (χ0v) is 12.4. The molecule has 0 saturated heterocycles. The number of aromatic nitrogens is 1. The second kappa shape index (κ2) is 5.60. The molecular formula is C12H4Cl4F3N. The van der Waals surface area contributed by atoms with Gasteiger partial charge in [0.15, 0.2) is 0 Å². The smallest absolute Gasteiger partial charge is 0.231 e. The Bertz CT molecular complexity index is 670. The van der Waals surface area contributed by atoms with Gasteiger partial charge in [0, 0.05) is 11.1 Å². The van der Waals surface area contributed by atoms with Crippen LogP contribution in [0.1, 0.15) is 5.69 Å². The first-order valence-corrected chi connectivity index (χ1v) is 6.60. The molecule has 0 atom stereocenters. The third-order valence-corrected chi connectivity index (χ3v) is 4.05. The molecule has 20 heavy (non-hydrogen) atoms. The monoisotopic (exact) mass is 359 g/mol. The lowest BCUT2D eigenvalue weighted by Gasteiger charge is -2.11. The molecule has 0 radical (unpaired) electrons. The molecule has 0 spiro atoms. The Labute approximate surface area is 132 Å². The molecule has 0 aliphatic heterocycles. The topological polar surface area (TPSA) is 12.9 Å². The lowest BCUT2D eigenvalue weighted by Crippen LogP contribution is -2.08. The van der Waals surface area contributed by atoms with Crippen LogP contribution in [0.15, 0.2) is 24.3 Å². The normalized spacial score (nSPS) is 11.8. The summed E-state index contributed by atoms with van der Waals surface area (Å²) in [4.78, 5) is 3.32. The third-order valence-electron chi connectivity index (χ3n) is 2.46. The van der Waals surface area contributed by atoms with Crippen LogP contribution in [0, 0.1) is 0 Å². The molecule has 1 aromatic heterocycles. The maximum Gasteiger partial charge on any atom is 0.433 e. The molecule has 2 aromatic rings. The summed E-state index contributed by atoms with van der Waals surface area (Å²) in [6, 6.07) is 4.98. The summed E-state index contributed by atoms with van der Waals surface area (Å²) in [6.07, 6.45) is -4.57. The molecule has 0 amide bonds. The van der Waals surface area contributed by atoms with E-state index in [-0.39, 0.29) is 25.8 Å². The highest BCUT2D eigenvalue weighted by molar-refractivity contribution is 6.49. The van der Waals surface area contributed by atoms with E-state index in [0.717, 1.165) is 6.07 Å². The Morgan fingerprint density at radius 2 is 1.40 bits per heavy atom. The number of nitrogens with zero attached hydrogens (tertiary/aromatic N) is 1. The van der Waals surface area contributed by atoms with Crippen LogP contribution in [0.2, 0.25) is 20.2 Å². The Morgan fingerprint density at radius 1 is 0.800 bits per heavy atom. The van der Waals surface area contributed by atoms with Crippen LogP contribution in [0.3, 0.4) is 0 Å². The molecule has 0 aliphatic carbocycles. The number of halogens is 7. The average molecular weight is 361 g/mol. The number of alkyl halides is 3. The largest absolute Gasteiger partial charge is 0.433 e. The molecule has 1 heterocycles. The third kappa shape index (κ3) is 2.98. The molecule has 8 heteroatoms. The summed E-state index contributed by atoms with van der Waals surface area (Å²) in [5.41, 5.74) is -0.488. The molecule has 2 rings (SSSR count). The van der Waals surface area contributed by atoms with Crippen LogP contribution < -0.4 is 0 Å². The van der Waals surface area contributed by atoms with Crippen LogP contribution in [0.5, 0.6) is 0 Å². The molecule has 106 valence electrons. The lowest BCUT2D eigenvalue weighted by atomic mass is 10.1. The van der Waals surface area contributed by atoms with Gasteiger partial charge >= 0.3 is 6.18 Å². The van der Waals surface area contributed by atoms with Gasteiger partial charge in [-0.2, -0.15) is 13.2 Å². The molecule has 0 unspecified atom stereocenters. The highest BCUT2D eigenvalue weighted by Crippen LogP contribution is 2.40. The highest BCUT2D eigenvalue weighted by atomic mass is 35.5. The van der Waals surface area contributed by atoms with Gasteiger partial charge in [0.05, 0.1) is 15.1 Å². The Hall–Kier alpha value is -0.680. The first-order chi connectivity index (χ1) is 9.21. The van der Waals surface area contributed by atoms with E-state index in [1.165, 1.54) is 18.2 Å². The minimum Gasteiger partial charge on any atom is -0.231 e. The van der Waals surface area contributed by atoms with Crippen molar-refractivity contribution in [2.75, 3.05) is 0 Å². The van der Waals surface area contributed by atoms with Crippen LogP contribution in [-0.2, 0) is 6.18 Å². The van der Waals surface area contributed by atoms with E-state index in [0.29, 0.717) is 5.56 Å². The second-order valence-corrected chi connectivity index (χ2v) is 5.28. The summed E-state index contributed by atoms with van der Waals surface area (Å²) in [5, 5.41) is 0.112. The van der Waals surface area contributed by atoms with E-state index < -0.39 is 11.9 Å². The first kappa shape index (κ1) is 15.7. The standard InChI is InChI=1S/C12H4Cl4F3N/c13-7-3-1-5(9(14)10(7)15)6-2-4-8(12(17,18)19)20-11(6)16/h1-4H. The van der Waals surface area contributed by atoms with Gasteiger partial charge < -0.3 is 0 Å². The summed E-state index contributed by atoms with van der Waals surface area (Å²) in [6.45, 7) is 0. The molecule has 0 saturated carbocycles. The van der Waals surface area contributed by atoms with Crippen molar-refractivity contribution in [2.24, 2.45) is 0 Å². The van der Waals surface area contributed by atoms with E-state index >= 15 is 0 Å². The Kier molecular flexibility index (Phi) is 4.40. The second-order valence-electron chi connectivity index (χ2n) is 3.76. The van der Waals surface area contributed by atoms with Gasteiger partial charge in [-0.25, -0.2) is 4.98 Å². The van der Waals surface area contributed by atoms with Crippen molar-refractivity contribution in [3.05, 3.63) is 50.2 Å². The fourth-order valence-corrected chi connectivity index (χ4v) is 2.42. The van der Waals surface area contributed by atoms with Crippen molar-refractivity contribution in [1.29, 1.82) is 0 Å². The van der Waals surface area contributed by atoms with Gasteiger partial charge in [-0.15, -0.1) is 0 Å². The molecular weight excluding hydrogens is 357 g/mol. The molecule has 1 aromatic carbocycles. The van der Waals surface area contributed by atoms with E-state index in [9.17, 15) is 13.2 Å². The first-order valence-electron chi connectivity index (χ1n) is 5.09. The summed E-state index contributed by atoms with van der Waals surface area (Å²) < 4.78 is 37.5. The van der Waals surface area contributed by atoms with Crippen LogP contribution in [0.4, 0.5) is 13.2 Å². The lowest BCUT2D eigenvalue weighted by molar-refractivity contribution is -0.141. The van der Waals surface area contributed by atoms with Crippen molar-refractivity contribution in [1.82, 2.24) is 4.98 Å². The number of hydrogen-bond donors (Lipinski definition) is 0. The van der Waals surface area contributed by atoms with Crippen molar-refractivity contribution in [3.8, 4) is 11.1 Å². The van der Waals surface area contributed by atoms with Crippen LogP contribution in [-0.4, -0.2) is 4.98 Å². The van der Waals surface area contributed by atoms with Crippen molar-refractivity contribution in [3.63, 3.8) is 0 Å². The van der Waals surface area contributed by atoms with Gasteiger partial charge in [-0.3, -0.25) is 0 Å². The van der Waals surface area contributed by atoms with Crippen LogP contribution >= 0.6 is 46.4 Å². The van der Waals surface area contributed by atoms with Crippen molar-refractivity contribution in [2.45, 2.75) is 6.18 Å². The maximum absolute atomic E-state index is 12.5. The molecule has 0 N–H and O–H groups in total. The summed E-state index contributed by atoms with van der Waals surface area (Å²) in [5.74, 6) is 0. The zero-order chi connectivity index (χ0) is 15.1. The van der Waals surface area contributed by atoms with Gasteiger partial charge in [0.1, 0.15) is 10.8 Å². The van der Waals surface area contributed by atoms with E-state index in [1.807, 2.05) is 0 Å². The van der Waals surface area contributed by atoms with Crippen LogP contribution in [0.25, 0.3) is 11.1 Å². The number of rotatable bonds is 1. The number of benzene rings is 1. The van der Waals surface area contributed by atoms with Crippen molar-refractivity contribution >= 4 is 46.4 Å². The van der Waals surface area contributed by atoms with E-state index in [2.05, 4.69) is 4.98 Å². The number of hydrogen-bond acceptors (Lipinski definition) is 1. The Balaban J connectivity index is 2.58. The van der Waals surface area contributed by atoms with Gasteiger partial charge in [-0.1, -0.05) is 52.5 Å². The highest BCUT2D eigenvalue weighted by Gasteiger charge is 2.33. The maximum atomic E-state index is 12.5. The van der Waals surface area contributed by atoms with E-state index in [1.54, 1.807) is 0 Å². The molecule has 0 aliphatic rings. The van der Waals surface area contributed by atoms with Gasteiger partial charge in [0.25, 0.3) is 0 Å². The quantitative estimate of drug-likeness (QED) is 0.424. The van der Waals surface area contributed by atoms with Gasteiger partial charge in [-0.05, 0) is 18.2 Å². The fourth-order valence-electron chi connectivity index (χ4n) is 1.53. The van der Waals surface area contributed by atoms with Crippen molar-refractivity contribution < 1.29 is 13.2 Å². The minimum absolute atomic E-state index is 0.0989. The molecule has 0 bridgehead atoms. The zero-order valence-electron chi connectivity index (χ0n) is 9.40. The summed E-state index contributed by atoms with van der Waals surface area (Å²) in [7, 11) is 0. The fraction of sp³-hybridized carbons (Fsp3) is 0.0833. The predicted molar refractivity (Wildman–Crippen MR) is 74.7 cm³/mol. The summed E-state index contributed by atoms with van der Waals surface area (Å²) >= 11 is 23.5. The number of pyridine rings is 1. The Morgan fingerprint density at radius 3 is 1.95 bits per heavy atom. The molecule has 1 nitrogen and oxygen atoms in total. The van der Waals surface area contributed by atoms with Gasteiger partial charge in [0.2, 0.25) is 0 Å².